The van der Waals surface area contributed by atoms with Crippen LogP contribution in [-0.4, -0.2) is 14.2 Å². The largest absolute Gasteiger partial charge is 0.223 e. The van der Waals surface area contributed by atoms with E-state index in [1.54, 1.807) is 18.2 Å². The summed E-state index contributed by atoms with van der Waals surface area (Å²) in [6, 6.07) is 6.23. The first-order chi connectivity index (χ1) is 6.47. The van der Waals surface area contributed by atoms with E-state index < -0.39 is 15.6 Å². The van der Waals surface area contributed by atoms with Gasteiger partial charge in [-0.25, -0.2) is 8.42 Å². The lowest BCUT2D eigenvalue weighted by molar-refractivity contribution is 0.599. The van der Waals surface area contributed by atoms with Crippen molar-refractivity contribution in [2.75, 3.05) is 5.75 Å². The molecule has 1 aromatic carbocycles. The molecular weight excluding hydrogens is 222 g/mol. The number of nitriles is 1. The Morgan fingerprint density at radius 3 is 2.64 bits per heavy atom. The summed E-state index contributed by atoms with van der Waals surface area (Å²) < 4.78 is 22.9. The number of sulfone groups is 1. The van der Waals surface area contributed by atoms with Crippen LogP contribution in [0, 0.1) is 18.3 Å². The van der Waals surface area contributed by atoms with Gasteiger partial charge in [0.05, 0.1) is 16.0 Å². The molecule has 1 aromatic rings. The van der Waals surface area contributed by atoms with Gasteiger partial charge in [0.25, 0.3) is 0 Å². The van der Waals surface area contributed by atoms with Crippen LogP contribution in [0.3, 0.4) is 0 Å². The monoisotopic (exact) mass is 229 g/mol. The summed E-state index contributed by atoms with van der Waals surface area (Å²) in [6.07, 6.45) is 0. The quantitative estimate of drug-likeness (QED) is 0.779. The molecular formula is C9H8ClNO2S. The molecule has 0 radical (unpaired) electrons. The van der Waals surface area contributed by atoms with Gasteiger partial charge in [0, 0.05) is 0 Å². The van der Waals surface area contributed by atoms with E-state index in [2.05, 4.69) is 0 Å². The molecule has 0 fully saturated rings. The average molecular weight is 230 g/mol. The smallest absolute Gasteiger partial charge is 0.193 e. The summed E-state index contributed by atoms with van der Waals surface area (Å²) in [6.45, 7) is 1.81. The first kappa shape index (κ1) is 11.0. The van der Waals surface area contributed by atoms with E-state index in [1.165, 1.54) is 6.07 Å². The van der Waals surface area contributed by atoms with E-state index in [-0.39, 0.29) is 9.92 Å². The Labute approximate surface area is 87.8 Å². The third kappa shape index (κ3) is 2.25. The van der Waals surface area contributed by atoms with E-state index in [4.69, 9.17) is 16.9 Å². The van der Waals surface area contributed by atoms with Crippen molar-refractivity contribution in [3.63, 3.8) is 0 Å². The minimum Gasteiger partial charge on any atom is -0.223 e. The predicted molar refractivity (Wildman–Crippen MR) is 53.9 cm³/mol. The first-order valence-electron chi connectivity index (χ1n) is 3.83. The van der Waals surface area contributed by atoms with Crippen LogP contribution < -0.4 is 0 Å². The van der Waals surface area contributed by atoms with Crippen molar-refractivity contribution in [1.29, 1.82) is 5.26 Å². The summed E-state index contributed by atoms with van der Waals surface area (Å²) in [5.41, 5.74) is 0.880. The van der Waals surface area contributed by atoms with Gasteiger partial charge in [-0.2, -0.15) is 5.26 Å². The summed E-state index contributed by atoms with van der Waals surface area (Å²) in [7, 11) is -3.55. The fourth-order valence-electron chi connectivity index (χ4n) is 1.02. The molecule has 0 bridgehead atoms. The zero-order chi connectivity index (χ0) is 10.8. The number of hydrogen-bond donors (Lipinski definition) is 0. The van der Waals surface area contributed by atoms with Gasteiger partial charge in [-0.15, -0.1) is 0 Å². The van der Waals surface area contributed by atoms with E-state index in [9.17, 15) is 8.42 Å². The molecule has 0 saturated heterocycles. The topological polar surface area (TPSA) is 57.9 Å². The predicted octanol–water partition coefficient (Wildman–Crippen LogP) is 1.95. The van der Waals surface area contributed by atoms with E-state index in [0.29, 0.717) is 0 Å². The maximum atomic E-state index is 11.5. The molecule has 1 rings (SSSR count). The van der Waals surface area contributed by atoms with Gasteiger partial charge in [0.1, 0.15) is 5.75 Å². The van der Waals surface area contributed by atoms with Crippen molar-refractivity contribution in [2.24, 2.45) is 0 Å². The molecule has 0 aliphatic heterocycles. The third-order valence-corrected chi connectivity index (χ3v) is 3.64. The van der Waals surface area contributed by atoms with Gasteiger partial charge in [-0.05, 0) is 24.6 Å². The number of hydrogen-bond acceptors (Lipinski definition) is 3. The lowest BCUT2D eigenvalue weighted by Gasteiger charge is -2.03. The highest BCUT2D eigenvalue weighted by atomic mass is 35.5. The van der Waals surface area contributed by atoms with Gasteiger partial charge >= 0.3 is 0 Å². The van der Waals surface area contributed by atoms with Crippen molar-refractivity contribution in [3.8, 4) is 6.07 Å². The van der Waals surface area contributed by atoms with Crippen LogP contribution in [-0.2, 0) is 9.84 Å². The molecule has 0 unspecified atom stereocenters. The van der Waals surface area contributed by atoms with Crippen molar-refractivity contribution >= 4 is 21.4 Å². The maximum absolute atomic E-state index is 11.5. The highest BCUT2D eigenvalue weighted by molar-refractivity contribution is 7.91. The number of aryl methyl sites for hydroxylation is 1. The van der Waals surface area contributed by atoms with Crippen molar-refractivity contribution in [1.82, 2.24) is 0 Å². The lowest BCUT2D eigenvalue weighted by atomic mass is 10.2. The normalized spacial score (nSPS) is 10.9. The molecule has 74 valence electrons. The average Bonchev–Trinajstić information content (AvgIpc) is 2.02. The van der Waals surface area contributed by atoms with Crippen LogP contribution >= 0.6 is 11.6 Å². The molecule has 0 spiro atoms. The molecule has 0 aliphatic carbocycles. The standard InChI is InChI=1S/C9H8ClNO2S/c1-7-2-3-9(8(10)6-7)14(12,13)5-4-11/h2-3,6H,5H2,1H3. The molecule has 3 nitrogen and oxygen atoms in total. The second-order valence-electron chi connectivity index (χ2n) is 2.85. The Balaban J connectivity index is 3.29. The van der Waals surface area contributed by atoms with Crippen LogP contribution in [0.1, 0.15) is 5.56 Å². The summed E-state index contributed by atoms with van der Waals surface area (Å²) in [5.74, 6) is -0.546. The fraction of sp³-hybridized carbons (Fsp3) is 0.222. The number of rotatable bonds is 2. The molecule has 5 heteroatoms. The molecule has 0 aromatic heterocycles. The van der Waals surface area contributed by atoms with Crippen molar-refractivity contribution in [3.05, 3.63) is 28.8 Å². The molecule has 0 amide bonds. The minimum absolute atomic E-state index is 0.0197. The van der Waals surface area contributed by atoms with E-state index >= 15 is 0 Å². The fourth-order valence-corrected chi connectivity index (χ4v) is 2.57. The Bertz CT molecular complexity index is 488. The van der Waals surface area contributed by atoms with Gasteiger partial charge < -0.3 is 0 Å². The Morgan fingerprint density at radius 2 is 2.14 bits per heavy atom. The lowest BCUT2D eigenvalue weighted by Crippen LogP contribution is -2.05. The van der Waals surface area contributed by atoms with Gasteiger partial charge in [-0.1, -0.05) is 17.7 Å². The Morgan fingerprint density at radius 1 is 1.50 bits per heavy atom. The highest BCUT2D eigenvalue weighted by Crippen LogP contribution is 2.23. The number of nitrogens with zero attached hydrogens (tertiary/aromatic N) is 1. The highest BCUT2D eigenvalue weighted by Gasteiger charge is 2.17. The zero-order valence-corrected chi connectivity index (χ0v) is 9.06. The molecule has 14 heavy (non-hydrogen) atoms. The Kier molecular flexibility index (Phi) is 3.14. The molecule has 0 N–H and O–H groups in total. The van der Waals surface area contributed by atoms with Crippen molar-refractivity contribution < 1.29 is 8.42 Å². The summed E-state index contributed by atoms with van der Waals surface area (Å²) >= 11 is 5.76. The molecule has 0 atom stereocenters. The maximum Gasteiger partial charge on any atom is 0.193 e. The summed E-state index contributed by atoms with van der Waals surface area (Å²) in [5, 5.41) is 8.50. The van der Waals surface area contributed by atoms with Crippen LogP contribution in [0.15, 0.2) is 23.1 Å². The molecule has 0 aliphatic rings. The third-order valence-electron chi connectivity index (χ3n) is 1.68. The van der Waals surface area contributed by atoms with E-state index in [0.717, 1.165) is 5.56 Å². The summed E-state index contributed by atoms with van der Waals surface area (Å²) in [4.78, 5) is 0.0197. The second kappa shape index (κ2) is 3.99. The first-order valence-corrected chi connectivity index (χ1v) is 5.86. The molecule has 0 heterocycles. The zero-order valence-electron chi connectivity index (χ0n) is 7.49. The van der Waals surface area contributed by atoms with Gasteiger partial charge in [0.15, 0.2) is 9.84 Å². The van der Waals surface area contributed by atoms with Crippen LogP contribution in [0.2, 0.25) is 5.02 Å². The van der Waals surface area contributed by atoms with Crippen LogP contribution in [0.5, 0.6) is 0 Å². The second-order valence-corrected chi connectivity index (χ2v) is 5.22. The van der Waals surface area contributed by atoms with Crippen molar-refractivity contribution in [2.45, 2.75) is 11.8 Å². The number of halogens is 1. The molecule has 0 saturated carbocycles. The van der Waals surface area contributed by atoms with E-state index in [1.807, 2.05) is 6.92 Å². The Hall–Kier alpha value is -1.05. The van der Waals surface area contributed by atoms with Crippen LogP contribution in [0.25, 0.3) is 0 Å². The van der Waals surface area contributed by atoms with Gasteiger partial charge in [-0.3, -0.25) is 0 Å². The van der Waals surface area contributed by atoms with Crippen LogP contribution in [0.4, 0.5) is 0 Å². The van der Waals surface area contributed by atoms with Gasteiger partial charge in [0.2, 0.25) is 0 Å². The minimum atomic E-state index is -3.55. The number of benzene rings is 1. The SMILES string of the molecule is Cc1ccc(S(=O)(=O)CC#N)c(Cl)c1.